The minimum absolute atomic E-state index is 0.143. The molecule has 104 valence electrons. The average Bonchev–Trinajstić information content (AvgIpc) is 2.38. The Hall–Kier alpha value is -1.79. The van der Waals surface area contributed by atoms with Crippen LogP contribution in [0.25, 0.3) is 0 Å². The lowest BCUT2D eigenvalue weighted by Gasteiger charge is -2.16. The molecule has 0 radical (unpaired) electrons. The van der Waals surface area contributed by atoms with Gasteiger partial charge >= 0.3 is 5.97 Å². The van der Waals surface area contributed by atoms with Crippen LogP contribution in [0.1, 0.15) is 42.6 Å². The van der Waals surface area contributed by atoms with Gasteiger partial charge in [-0.15, -0.1) is 0 Å². The van der Waals surface area contributed by atoms with Crippen LogP contribution >= 0.6 is 0 Å². The molecule has 0 bridgehead atoms. The van der Waals surface area contributed by atoms with Crippen molar-refractivity contribution in [2.45, 2.75) is 32.5 Å². The Morgan fingerprint density at radius 3 is 2.63 bits per heavy atom. The lowest BCUT2D eigenvalue weighted by Crippen LogP contribution is -2.24. The summed E-state index contributed by atoms with van der Waals surface area (Å²) in [5.41, 5.74) is 0.337. The third-order valence-corrected chi connectivity index (χ3v) is 2.48. The Bertz CT molecular complexity index is 460. The van der Waals surface area contributed by atoms with Crippen molar-refractivity contribution in [3.8, 4) is 0 Å². The van der Waals surface area contributed by atoms with Crippen LogP contribution in [0.4, 0.5) is 0 Å². The molecule has 1 aromatic rings. The fourth-order valence-corrected chi connectivity index (χ4v) is 1.51. The van der Waals surface area contributed by atoms with Crippen molar-refractivity contribution in [1.29, 1.82) is 0 Å². The summed E-state index contributed by atoms with van der Waals surface area (Å²) in [7, 11) is 0. The molecule has 0 saturated heterocycles. The first-order chi connectivity index (χ1) is 8.95. The monoisotopic (exact) mass is 267 g/mol. The third-order valence-electron chi connectivity index (χ3n) is 2.48. The molecule has 19 heavy (non-hydrogen) atoms. The molecule has 2 N–H and O–H groups in total. The largest absolute Gasteiger partial charge is 0.466 e. The molecule has 0 saturated carbocycles. The van der Waals surface area contributed by atoms with E-state index in [0.29, 0.717) is 0 Å². The van der Waals surface area contributed by atoms with Crippen molar-refractivity contribution < 1.29 is 24.5 Å². The van der Waals surface area contributed by atoms with Gasteiger partial charge in [0.1, 0.15) is 11.8 Å². The van der Waals surface area contributed by atoms with E-state index in [1.54, 1.807) is 13.0 Å². The fraction of sp³-hybridized carbons (Fsp3) is 0.462. The second-order valence-corrected chi connectivity index (χ2v) is 4.03. The van der Waals surface area contributed by atoms with Crippen molar-refractivity contribution in [3.63, 3.8) is 0 Å². The number of aliphatic hydroxyl groups is 2. The number of ketones is 1. The van der Waals surface area contributed by atoms with Gasteiger partial charge in [-0.05, 0) is 19.1 Å². The lowest BCUT2D eigenvalue weighted by atomic mass is 10.1. The molecule has 0 spiro atoms. The highest BCUT2D eigenvalue weighted by Crippen LogP contribution is 2.18. The molecule has 6 heteroatoms. The number of aliphatic hydroxyl groups excluding tert-OH is 2. The summed E-state index contributed by atoms with van der Waals surface area (Å²) >= 11 is 0. The molecule has 2 atom stereocenters. The molecular weight excluding hydrogens is 250 g/mol. The Balaban J connectivity index is 2.76. The van der Waals surface area contributed by atoms with Crippen molar-refractivity contribution in [2.24, 2.45) is 0 Å². The van der Waals surface area contributed by atoms with Gasteiger partial charge in [-0.25, -0.2) is 4.98 Å². The lowest BCUT2D eigenvalue weighted by molar-refractivity contribution is -0.147. The Kier molecular flexibility index (Phi) is 5.59. The molecular formula is C13H17NO5. The third kappa shape index (κ3) is 4.42. The van der Waals surface area contributed by atoms with Crippen LogP contribution < -0.4 is 0 Å². The SMILES string of the molecule is CCOC(=O)CC(O)C(O)c1cccc(C(C)=O)n1. The number of Topliss-reactive ketones (excluding diaryl/α,β-unsaturated/α-hetero) is 1. The number of esters is 1. The maximum absolute atomic E-state index is 11.2. The van der Waals surface area contributed by atoms with Crippen LogP contribution in [0.5, 0.6) is 0 Å². The molecule has 1 aromatic heterocycles. The van der Waals surface area contributed by atoms with Gasteiger partial charge in [0.2, 0.25) is 0 Å². The van der Waals surface area contributed by atoms with Gasteiger partial charge in [-0.1, -0.05) is 6.07 Å². The molecule has 2 unspecified atom stereocenters. The van der Waals surface area contributed by atoms with Crippen LogP contribution in [-0.2, 0) is 9.53 Å². The molecule has 0 aromatic carbocycles. The van der Waals surface area contributed by atoms with Gasteiger partial charge in [0, 0.05) is 6.92 Å². The van der Waals surface area contributed by atoms with Crippen molar-refractivity contribution in [1.82, 2.24) is 4.98 Å². The van der Waals surface area contributed by atoms with E-state index in [1.807, 2.05) is 0 Å². The normalized spacial score (nSPS) is 13.7. The van der Waals surface area contributed by atoms with E-state index < -0.39 is 18.2 Å². The fourth-order valence-electron chi connectivity index (χ4n) is 1.51. The quantitative estimate of drug-likeness (QED) is 0.579. The number of ether oxygens (including phenoxy) is 1. The summed E-state index contributed by atoms with van der Waals surface area (Å²) in [4.78, 5) is 26.3. The number of aromatic nitrogens is 1. The first-order valence-corrected chi connectivity index (χ1v) is 5.95. The van der Waals surface area contributed by atoms with Crippen LogP contribution in [0.3, 0.4) is 0 Å². The summed E-state index contributed by atoms with van der Waals surface area (Å²) in [6.45, 7) is 3.21. The van der Waals surface area contributed by atoms with E-state index in [4.69, 9.17) is 0 Å². The highest BCUT2D eigenvalue weighted by Gasteiger charge is 2.23. The van der Waals surface area contributed by atoms with Gasteiger partial charge in [0.15, 0.2) is 5.78 Å². The molecule has 0 fully saturated rings. The van der Waals surface area contributed by atoms with Gasteiger partial charge < -0.3 is 14.9 Å². The first-order valence-electron chi connectivity index (χ1n) is 5.95. The number of carbonyl (C=O) groups is 2. The molecule has 0 amide bonds. The Labute approximate surface area is 111 Å². The van der Waals surface area contributed by atoms with E-state index in [1.165, 1.54) is 19.1 Å². The predicted molar refractivity (Wildman–Crippen MR) is 66.5 cm³/mol. The van der Waals surface area contributed by atoms with Crippen LogP contribution in [0.2, 0.25) is 0 Å². The highest BCUT2D eigenvalue weighted by atomic mass is 16.5. The van der Waals surface area contributed by atoms with Crippen LogP contribution in [0, 0.1) is 0 Å². The van der Waals surface area contributed by atoms with Crippen LogP contribution in [0.15, 0.2) is 18.2 Å². The maximum atomic E-state index is 11.2. The number of nitrogens with zero attached hydrogens (tertiary/aromatic N) is 1. The molecule has 0 aliphatic carbocycles. The number of pyridine rings is 1. The van der Waals surface area contributed by atoms with E-state index in [9.17, 15) is 19.8 Å². The summed E-state index contributed by atoms with van der Waals surface area (Å²) in [6, 6.07) is 4.54. The van der Waals surface area contributed by atoms with Crippen molar-refractivity contribution in [3.05, 3.63) is 29.6 Å². The smallest absolute Gasteiger partial charge is 0.308 e. The van der Waals surface area contributed by atoms with Gasteiger partial charge in [-0.3, -0.25) is 9.59 Å². The minimum Gasteiger partial charge on any atom is -0.466 e. The van der Waals surface area contributed by atoms with E-state index in [2.05, 4.69) is 9.72 Å². The van der Waals surface area contributed by atoms with E-state index in [0.717, 1.165) is 0 Å². The summed E-state index contributed by atoms with van der Waals surface area (Å²) in [5.74, 6) is -0.842. The Morgan fingerprint density at radius 1 is 1.37 bits per heavy atom. The second-order valence-electron chi connectivity index (χ2n) is 4.03. The van der Waals surface area contributed by atoms with E-state index >= 15 is 0 Å². The highest BCUT2D eigenvalue weighted by molar-refractivity contribution is 5.92. The minimum atomic E-state index is -1.34. The van der Waals surface area contributed by atoms with Crippen LogP contribution in [-0.4, -0.2) is 39.7 Å². The number of rotatable bonds is 6. The van der Waals surface area contributed by atoms with Gasteiger partial charge in [0.25, 0.3) is 0 Å². The number of carbonyl (C=O) groups excluding carboxylic acids is 2. The molecule has 1 heterocycles. The number of hydrogen-bond donors (Lipinski definition) is 2. The van der Waals surface area contributed by atoms with E-state index in [-0.39, 0.29) is 30.2 Å². The average molecular weight is 267 g/mol. The predicted octanol–water partition coefficient (Wildman–Crippen LogP) is 0.632. The summed E-state index contributed by atoms with van der Waals surface area (Å²) < 4.78 is 4.68. The first kappa shape index (κ1) is 15.3. The molecule has 0 aliphatic heterocycles. The molecule has 1 rings (SSSR count). The molecule has 6 nitrogen and oxygen atoms in total. The summed E-state index contributed by atoms with van der Waals surface area (Å²) in [5, 5.41) is 19.6. The standard InChI is InChI=1S/C13H17NO5/c1-3-19-12(17)7-11(16)13(18)10-6-4-5-9(14-10)8(2)15/h4-6,11,13,16,18H,3,7H2,1-2H3. The van der Waals surface area contributed by atoms with Crippen molar-refractivity contribution in [2.75, 3.05) is 6.61 Å². The topological polar surface area (TPSA) is 96.7 Å². The summed E-state index contributed by atoms with van der Waals surface area (Å²) in [6.07, 6.45) is -3.00. The van der Waals surface area contributed by atoms with Crippen molar-refractivity contribution >= 4 is 11.8 Å². The Morgan fingerprint density at radius 2 is 2.05 bits per heavy atom. The zero-order valence-electron chi connectivity index (χ0n) is 10.9. The van der Waals surface area contributed by atoms with Gasteiger partial charge in [-0.2, -0.15) is 0 Å². The zero-order valence-corrected chi connectivity index (χ0v) is 10.9. The zero-order chi connectivity index (χ0) is 14.4. The number of hydrogen-bond acceptors (Lipinski definition) is 6. The second kappa shape index (κ2) is 6.96. The van der Waals surface area contributed by atoms with Gasteiger partial charge in [0.05, 0.1) is 24.8 Å². The molecule has 0 aliphatic rings. The maximum Gasteiger partial charge on any atom is 0.308 e.